The summed E-state index contributed by atoms with van der Waals surface area (Å²) in [7, 11) is 0. The van der Waals surface area contributed by atoms with Crippen molar-refractivity contribution in [1.82, 2.24) is 4.98 Å². The van der Waals surface area contributed by atoms with E-state index < -0.39 is 40.8 Å². The molecule has 0 saturated carbocycles. The molecule has 0 fully saturated rings. The number of benzene rings is 1. The van der Waals surface area contributed by atoms with Crippen molar-refractivity contribution < 1.29 is 27.5 Å². The highest BCUT2D eigenvalue weighted by Crippen LogP contribution is 2.22. The Labute approximate surface area is 97.9 Å². The number of carboxylic acids is 1. The molecule has 0 spiro atoms. The molecule has 2 N–H and O–H groups in total. The summed E-state index contributed by atoms with van der Waals surface area (Å²) in [5.74, 6) is -5.06. The molecule has 0 bridgehead atoms. The molecule has 94 valence electrons. The number of nitrogens with one attached hydrogen (secondary N) is 1. The molecule has 0 atom stereocenters. The Morgan fingerprint density at radius 3 is 2.67 bits per heavy atom. The van der Waals surface area contributed by atoms with Crippen molar-refractivity contribution in [3.63, 3.8) is 0 Å². The summed E-state index contributed by atoms with van der Waals surface area (Å²) in [5, 5.41) is 10.7. The van der Waals surface area contributed by atoms with Gasteiger partial charge in [0.2, 0.25) is 0 Å². The smallest absolute Gasteiger partial charge is 0.357 e. The van der Waals surface area contributed by atoms with E-state index >= 15 is 0 Å². The van der Waals surface area contributed by atoms with E-state index in [2.05, 4.69) is 14.7 Å². The average Bonchev–Trinajstić information content (AvgIpc) is 2.74. The molecule has 2 rings (SSSR count). The second-order valence-electron chi connectivity index (χ2n) is 3.22. The number of aromatic carboxylic acids is 1. The highest BCUT2D eigenvalue weighted by atomic mass is 19.2. The first-order valence-corrected chi connectivity index (χ1v) is 4.58. The molecule has 8 heteroatoms. The van der Waals surface area contributed by atoms with Gasteiger partial charge in [0.05, 0.1) is 5.69 Å². The molecule has 0 aliphatic heterocycles. The summed E-state index contributed by atoms with van der Waals surface area (Å²) in [4.78, 5) is 13.9. The predicted molar refractivity (Wildman–Crippen MR) is 53.1 cm³/mol. The molecule has 1 aromatic heterocycles. The van der Waals surface area contributed by atoms with Crippen LogP contribution in [0.4, 0.5) is 24.9 Å². The molecular formula is C10H5F3N2O3. The maximum atomic E-state index is 13.2. The topological polar surface area (TPSA) is 75.4 Å². The molecule has 0 aliphatic rings. The molecular weight excluding hydrogens is 253 g/mol. The predicted octanol–water partition coefficient (Wildman–Crippen LogP) is 2.53. The van der Waals surface area contributed by atoms with Gasteiger partial charge in [0.1, 0.15) is 12.1 Å². The van der Waals surface area contributed by atoms with Crippen LogP contribution in [0.5, 0.6) is 0 Å². The Balaban J connectivity index is 2.30. The average molecular weight is 258 g/mol. The van der Waals surface area contributed by atoms with Gasteiger partial charge in [-0.15, -0.1) is 0 Å². The van der Waals surface area contributed by atoms with Gasteiger partial charge < -0.3 is 14.8 Å². The zero-order valence-electron chi connectivity index (χ0n) is 8.58. The van der Waals surface area contributed by atoms with E-state index in [9.17, 15) is 18.0 Å². The van der Waals surface area contributed by atoms with Crippen LogP contribution in [0.3, 0.4) is 0 Å². The van der Waals surface area contributed by atoms with Crippen molar-refractivity contribution >= 4 is 17.7 Å². The minimum atomic E-state index is -1.39. The molecule has 5 nitrogen and oxygen atoms in total. The number of anilines is 2. The van der Waals surface area contributed by atoms with E-state index in [1.807, 2.05) is 0 Å². The van der Waals surface area contributed by atoms with E-state index in [0.29, 0.717) is 12.1 Å². The van der Waals surface area contributed by atoms with E-state index in [-0.39, 0.29) is 0 Å². The van der Waals surface area contributed by atoms with Gasteiger partial charge >= 0.3 is 5.97 Å². The van der Waals surface area contributed by atoms with E-state index in [1.165, 1.54) is 0 Å². The minimum absolute atomic E-state index is 0.374. The second kappa shape index (κ2) is 4.40. The largest absolute Gasteiger partial charge is 0.476 e. The molecule has 1 aromatic carbocycles. The number of carbonyl (C=O) groups is 1. The van der Waals surface area contributed by atoms with Gasteiger partial charge in [-0.2, -0.15) is 4.98 Å². The number of hydrogen-bond acceptors (Lipinski definition) is 4. The van der Waals surface area contributed by atoms with Crippen molar-refractivity contribution in [2.75, 3.05) is 5.32 Å². The lowest BCUT2D eigenvalue weighted by atomic mass is 10.3. The molecule has 0 aliphatic carbocycles. The van der Waals surface area contributed by atoms with Gasteiger partial charge in [-0.05, 0) is 0 Å². The molecule has 0 unspecified atom stereocenters. The SMILES string of the molecule is O=C(O)c1coc(Nc2cc(F)cc(F)c2F)n1. The van der Waals surface area contributed by atoms with Gasteiger partial charge in [-0.25, -0.2) is 18.0 Å². The van der Waals surface area contributed by atoms with Crippen LogP contribution in [0.25, 0.3) is 0 Å². The van der Waals surface area contributed by atoms with Crippen LogP contribution in [-0.2, 0) is 0 Å². The monoisotopic (exact) mass is 258 g/mol. The Hall–Kier alpha value is -2.51. The van der Waals surface area contributed by atoms with E-state index in [1.54, 1.807) is 0 Å². The molecule has 0 amide bonds. The van der Waals surface area contributed by atoms with E-state index in [4.69, 9.17) is 5.11 Å². The Kier molecular flexibility index (Phi) is 2.92. The van der Waals surface area contributed by atoms with Crippen molar-refractivity contribution in [3.05, 3.63) is 41.5 Å². The van der Waals surface area contributed by atoms with Crippen LogP contribution in [0, 0.1) is 17.5 Å². The summed E-state index contributed by atoms with van der Waals surface area (Å²) in [5.41, 5.74) is -0.971. The maximum absolute atomic E-state index is 13.2. The van der Waals surface area contributed by atoms with Crippen molar-refractivity contribution in [1.29, 1.82) is 0 Å². The van der Waals surface area contributed by atoms with Gasteiger partial charge in [0.25, 0.3) is 6.01 Å². The number of aromatic nitrogens is 1. The van der Waals surface area contributed by atoms with Crippen LogP contribution in [0.1, 0.15) is 10.5 Å². The Bertz CT molecular complexity index is 612. The van der Waals surface area contributed by atoms with Gasteiger partial charge in [0, 0.05) is 12.1 Å². The van der Waals surface area contributed by atoms with Crippen LogP contribution in [0.2, 0.25) is 0 Å². The highest BCUT2D eigenvalue weighted by Gasteiger charge is 2.15. The third-order valence-corrected chi connectivity index (χ3v) is 1.96. The third-order valence-electron chi connectivity index (χ3n) is 1.96. The summed E-state index contributed by atoms with van der Waals surface area (Å²) in [6.07, 6.45) is 0.804. The first kappa shape index (κ1) is 12.0. The fourth-order valence-electron chi connectivity index (χ4n) is 1.19. The standard InChI is InChI=1S/C10H5F3N2O3/c11-4-1-5(12)8(13)6(2-4)14-10-15-7(3-18-10)9(16)17/h1-3H,(H,14,15)(H,16,17). The van der Waals surface area contributed by atoms with E-state index in [0.717, 1.165) is 6.26 Å². The highest BCUT2D eigenvalue weighted by molar-refractivity contribution is 5.85. The molecule has 2 aromatic rings. The number of hydrogen-bond donors (Lipinski definition) is 2. The lowest BCUT2D eigenvalue weighted by Gasteiger charge is -2.04. The number of nitrogens with zero attached hydrogens (tertiary/aromatic N) is 1. The summed E-state index contributed by atoms with van der Waals surface area (Å²) in [6.45, 7) is 0. The minimum Gasteiger partial charge on any atom is -0.476 e. The molecule has 1 heterocycles. The fraction of sp³-hybridized carbons (Fsp3) is 0. The Morgan fingerprint density at radius 2 is 2.06 bits per heavy atom. The quantitative estimate of drug-likeness (QED) is 0.827. The zero-order valence-corrected chi connectivity index (χ0v) is 8.58. The first-order chi connectivity index (χ1) is 8.47. The second-order valence-corrected chi connectivity index (χ2v) is 3.22. The van der Waals surface area contributed by atoms with Crippen LogP contribution in [-0.4, -0.2) is 16.1 Å². The maximum Gasteiger partial charge on any atom is 0.357 e. The Morgan fingerprint density at radius 1 is 1.33 bits per heavy atom. The van der Waals surface area contributed by atoms with Crippen molar-refractivity contribution in [2.45, 2.75) is 0 Å². The van der Waals surface area contributed by atoms with Crippen LogP contribution >= 0.6 is 0 Å². The third kappa shape index (κ3) is 2.26. The van der Waals surface area contributed by atoms with Crippen molar-refractivity contribution in [3.8, 4) is 0 Å². The summed E-state index contributed by atoms with van der Waals surface area (Å²) >= 11 is 0. The lowest BCUT2D eigenvalue weighted by molar-refractivity contribution is 0.0690. The molecule has 18 heavy (non-hydrogen) atoms. The first-order valence-electron chi connectivity index (χ1n) is 4.58. The normalized spacial score (nSPS) is 10.4. The molecule has 0 radical (unpaired) electrons. The summed E-state index contributed by atoms with van der Waals surface area (Å²) < 4.78 is 43.6. The number of rotatable bonds is 3. The van der Waals surface area contributed by atoms with Gasteiger partial charge in [-0.1, -0.05) is 0 Å². The number of halogens is 3. The summed E-state index contributed by atoms with van der Waals surface area (Å²) in [6, 6.07) is 0.665. The lowest BCUT2D eigenvalue weighted by Crippen LogP contribution is -2.00. The van der Waals surface area contributed by atoms with Crippen LogP contribution < -0.4 is 5.32 Å². The number of carboxylic acid groups (broad SMARTS) is 1. The van der Waals surface area contributed by atoms with Crippen molar-refractivity contribution in [2.24, 2.45) is 0 Å². The van der Waals surface area contributed by atoms with Gasteiger partial charge in [0.15, 0.2) is 17.3 Å². The number of oxazole rings is 1. The van der Waals surface area contributed by atoms with Gasteiger partial charge in [-0.3, -0.25) is 0 Å². The fourth-order valence-corrected chi connectivity index (χ4v) is 1.19. The zero-order chi connectivity index (χ0) is 13.3. The molecule has 0 saturated heterocycles. The van der Waals surface area contributed by atoms with Crippen LogP contribution in [0.15, 0.2) is 22.8 Å².